The molecule has 4 heteroatoms. The Morgan fingerprint density at radius 1 is 1.44 bits per heavy atom. The molecule has 1 saturated heterocycles. The minimum Gasteiger partial charge on any atom is -0.381 e. The van der Waals surface area contributed by atoms with Gasteiger partial charge < -0.3 is 9.64 Å². The van der Waals surface area contributed by atoms with Gasteiger partial charge in [-0.3, -0.25) is 4.79 Å². The molecule has 0 aromatic heterocycles. The number of carbonyl (C=O) groups excluding carboxylic acids is 1. The Balaban J connectivity index is 1.95. The van der Waals surface area contributed by atoms with Crippen LogP contribution in [-0.2, 0) is 4.74 Å². The highest BCUT2D eigenvalue weighted by Gasteiger charge is 2.19. The van der Waals surface area contributed by atoms with Crippen LogP contribution in [-0.4, -0.2) is 37.6 Å². The third kappa shape index (κ3) is 3.29. The molecule has 2 rings (SSSR count). The first kappa shape index (κ1) is 13.0. The molecule has 18 heavy (non-hydrogen) atoms. The molecule has 0 atom stereocenters. The van der Waals surface area contributed by atoms with Crippen molar-refractivity contribution in [1.82, 2.24) is 4.90 Å². The summed E-state index contributed by atoms with van der Waals surface area (Å²) in [4.78, 5) is 13.8. The van der Waals surface area contributed by atoms with Crippen molar-refractivity contribution in [2.75, 3.05) is 26.8 Å². The van der Waals surface area contributed by atoms with Crippen LogP contribution in [0.3, 0.4) is 0 Å². The number of hydrogen-bond donors (Lipinski definition) is 0. The monoisotopic (exact) mass is 251 g/mol. The van der Waals surface area contributed by atoms with Crippen LogP contribution in [0.2, 0.25) is 0 Å². The summed E-state index contributed by atoms with van der Waals surface area (Å²) in [6.45, 7) is 2.25. The van der Waals surface area contributed by atoms with E-state index in [-0.39, 0.29) is 11.7 Å². The number of benzene rings is 1. The largest absolute Gasteiger partial charge is 0.381 e. The highest BCUT2D eigenvalue weighted by molar-refractivity contribution is 5.94. The lowest BCUT2D eigenvalue weighted by molar-refractivity contribution is 0.0497. The van der Waals surface area contributed by atoms with Gasteiger partial charge in [-0.2, -0.15) is 0 Å². The predicted molar refractivity (Wildman–Crippen MR) is 66.9 cm³/mol. The molecule has 0 saturated carbocycles. The number of halogens is 1. The van der Waals surface area contributed by atoms with E-state index in [4.69, 9.17) is 4.74 Å². The van der Waals surface area contributed by atoms with Crippen molar-refractivity contribution in [1.29, 1.82) is 0 Å². The van der Waals surface area contributed by atoms with Crippen LogP contribution in [0.25, 0.3) is 0 Å². The molecule has 0 aliphatic carbocycles. The van der Waals surface area contributed by atoms with Gasteiger partial charge in [0.2, 0.25) is 0 Å². The number of hydrogen-bond acceptors (Lipinski definition) is 2. The van der Waals surface area contributed by atoms with Gasteiger partial charge in [-0.05, 0) is 37.0 Å². The molecule has 0 spiro atoms. The molecule has 1 aliphatic rings. The lowest BCUT2D eigenvalue weighted by Crippen LogP contribution is -2.34. The van der Waals surface area contributed by atoms with Crippen LogP contribution in [0.15, 0.2) is 24.3 Å². The van der Waals surface area contributed by atoms with Gasteiger partial charge in [0.1, 0.15) is 5.82 Å². The highest BCUT2D eigenvalue weighted by atomic mass is 19.1. The summed E-state index contributed by atoms with van der Waals surface area (Å²) in [5, 5.41) is 0. The zero-order valence-electron chi connectivity index (χ0n) is 10.6. The first-order chi connectivity index (χ1) is 8.66. The quantitative estimate of drug-likeness (QED) is 0.825. The fourth-order valence-corrected chi connectivity index (χ4v) is 2.24. The van der Waals surface area contributed by atoms with Gasteiger partial charge in [-0.15, -0.1) is 0 Å². The zero-order chi connectivity index (χ0) is 13.0. The molecule has 1 aromatic carbocycles. The third-order valence-corrected chi connectivity index (χ3v) is 3.29. The molecule has 1 heterocycles. The van der Waals surface area contributed by atoms with E-state index in [2.05, 4.69) is 0 Å². The number of amides is 1. The SMILES string of the molecule is CN(CC1CCOCC1)C(=O)c1cccc(F)c1. The normalized spacial score (nSPS) is 16.6. The Hall–Kier alpha value is -1.42. The molecule has 0 unspecified atom stereocenters. The van der Waals surface area contributed by atoms with Crippen LogP contribution >= 0.6 is 0 Å². The Kier molecular flexibility index (Phi) is 4.31. The fourth-order valence-electron chi connectivity index (χ4n) is 2.24. The summed E-state index contributed by atoms with van der Waals surface area (Å²) in [6.07, 6.45) is 1.97. The van der Waals surface area contributed by atoms with E-state index in [0.717, 1.165) is 26.1 Å². The fraction of sp³-hybridized carbons (Fsp3) is 0.500. The summed E-state index contributed by atoms with van der Waals surface area (Å²) in [5.74, 6) is -0.0115. The molecule has 1 fully saturated rings. The molecule has 98 valence electrons. The van der Waals surface area contributed by atoms with E-state index in [0.29, 0.717) is 18.0 Å². The van der Waals surface area contributed by atoms with Gasteiger partial charge in [-0.25, -0.2) is 4.39 Å². The van der Waals surface area contributed by atoms with Crippen LogP contribution < -0.4 is 0 Å². The van der Waals surface area contributed by atoms with Crippen LogP contribution in [0.1, 0.15) is 23.2 Å². The summed E-state index contributed by atoms with van der Waals surface area (Å²) in [5.41, 5.74) is 0.407. The lowest BCUT2D eigenvalue weighted by Gasteiger charge is -2.27. The van der Waals surface area contributed by atoms with Crippen molar-refractivity contribution in [2.24, 2.45) is 5.92 Å². The maximum atomic E-state index is 13.1. The Morgan fingerprint density at radius 2 is 2.17 bits per heavy atom. The molecular weight excluding hydrogens is 233 g/mol. The first-order valence-corrected chi connectivity index (χ1v) is 6.25. The molecule has 1 aliphatic heterocycles. The summed E-state index contributed by atoms with van der Waals surface area (Å²) < 4.78 is 18.4. The Labute approximate surface area is 107 Å². The summed E-state index contributed by atoms with van der Waals surface area (Å²) >= 11 is 0. The smallest absolute Gasteiger partial charge is 0.253 e. The summed E-state index contributed by atoms with van der Waals surface area (Å²) in [7, 11) is 1.77. The maximum absolute atomic E-state index is 13.1. The van der Waals surface area contributed by atoms with Crippen molar-refractivity contribution in [2.45, 2.75) is 12.8 Å². The van der Waals surface area contributed by atoms with E-state index in [1.165, 1.54) is 12.1 Å². The van der Waals surface area contributed by atoms with Crippen molar-refractivity contribution in [3.05, 3.63) is 35.6 Å². The average Bonchev–Trinajstić information content (AvgIpc) is 2.39. The maximum Gasteiger partial charge on any atom is 0.253 e. The van der Waals surface area contributed by atoms with Crippen molar-refractivity contribution in [3.8, 4) is 0 Å². The second kappa shape index (κ2) is 5.96. The van der Waals surface area contributed by atoms with Gasteiger partial charge in [0.25, 0.3) is 5.91 Å². The van der Waals surface area contributed by atoms with Gasteiger partial charge in [0.05, 0.1) is 0 Å². The standard InChI is InChI=1S/C14H18FNO2/c1-16(10-11-5-7-18-8-6-11)14(17)12-3-2-4-13(15)9-12/h2-4,9,11H,5-8,10H2,1H3. The molecule has 0 bridgehead atoms. The number of rotatable bonds is 3. The van der Waals surface area contributed by atoms with Crippen LogP contribution in [0.5, 0.6) is 0 Å². The number of nitrogens with zero attached hydrogens (tertiary/aromatic N) is 1. The average molecular weight is 251 g/mol. The van der Waals surface area contributed by atoms with Crippen LogP contribution in [0.4, 0.5) is 4.39 Å². The summed E-state index contributed by atoms with van der Waals surface area (Å²) in [6, 6.07) is 5.83. The van der Waals surface area contributed by atoms with E-state index < -0.39 is 0 Å². The van der Waals surface area contributed by atoms with Gasteiger partial charge in [0.15, 0.2) is 0 Å². The molecule has 0 N–H and O–H groups in total. The van der Waals surface area contributed by atoms with Crippen molar-refractivity contribution >= 4 is 5.91 Å². The Bertz CT molecular complexity index is 416. The van der Waals surface area contributed by atoms with E-state index >= 15 is 0 Å². The van der Waals surface area contributed by atoms with Crippen molar-refractivity contribution < 1.29 is 13.9 Å². The molecule has 1 aromatic rings. The second-order valence-corrected chi connectivity index (χ2v) is 4.75. The van der Waals surface area contributed by atoms with E-state index in [1.54, 1.807) is 24.1 Å². The number of ether oxygens (including phenoxy) is 1. The minimum absolute atomic E-state index is 0.124. The zero-order valence-corrected chi connectivity index (χ0v) is 10.6. The van der Waals surface area contributed by atoms with Crippen molar-refractivity contribution in [3.63, 3.8) is 0 Å². The minimum atomic E-state index is -0.375. The first-order valence-electron chi connectivity index (χ1n) is 6.25. The molecule has 1 amide bonds. The predicted octanol–water partition coefficient (Wildman–Crippen LogP) is 2.32. The van der Waals surface area contributed by atoms with Gasteiger partial charge in [-0.1, -0.05) is 6.07 Å². The lowest BCUT2D eigenvalue weighted by atomic mass is 9.99. The molecule has 0 radical (unpaired) electrons. The van der Waals surface area contributed by atoms with Gasteiger partial charge >= 0.3 is 0 Å². The molecule has 3 nitrogen and oxygen atoms in total. The van der Waals surface area contributed by atoms with Gasteiger partial charge in [0, 0.05) is 32.4 Å². The third-order valence-electron chi connectivity index (χ3n) is 3.29. The van der Waals surface area contributed by atoms with E-state index in [1.807, 2.05) is 0 Å². The molecular formula is C14H18FNO2. The van der Waals surface area contributed by atoms with E-state index in [9.17, 15) is 9.18 Å². The van der Waals surface area contributed by atoms with Crippen LogP contribution in [0, 0.1) is 11.7 Å². The second-order valence-electron chi connectivity index (χ2n) is 4.75. The number of carbonyl (C=O) groups is 1. The highest BCUT2D eigenvalue weighted by Crippen LogP contribution is 2.16. The Morgan fingerprint density at radius 3 is 2.83 bits per heavy atom. The topological polar surface area (TPSA) is 29.5 Å².